The number of hydrogen-bond acceptors (Lipinski definition) is 5. The quantitative estimate of drug-likeness (QED) is 0.337. The van der Waals surface area contributed by atoms with Gasteiger partial charge in [0.05, 0.1) is 27.4 Å². The molecule has 2 aromatic carbocycles. The Morgan fingerprint density at radius 1 is 1.12 bits per heavy atom. The maximum absolute atomic E-state index is 12.8. The van der Waals surface area contributed by atoms with Gasteiger partial charge < -0.3 is 15.2 Å². The van der Waals surface area contributed by atoms with Crippen LogP contribution in [0.5, 0.6) is 0 Å². The summed E-state index contributed by atoms with van der Waals surface area (Å²) < 4.78 is 2.54. The minimum atomic E-state index is -0.389. The van der Waals surface area contributed by atoms with Crippen LogP contribution in [-0.4, -0.2) is 32.3 Å². The molecule has 7 nitrogen and oxygen atoms in total. The number of hydrogen-bond donors (Lipinski definition) is 2. The molecule has 0 radical (unpaired) electrons. The standard InChI is InChI=1S/C22H22BrCl2N5O2S/c1-12(2)19(27-21(32)14-6-4-5-7-16(14)24)20-28-29-22(30(20)3)33-11-18(31)26-13-8-9-15(23)17(25)10-13/h4-10,12,19H,11H2,1-3H3,(H,26,31)(H,27,32)/t19-/m0/s1. The van der Waals surface area contributed by atoms with Crippen molar-refractivity contribution < 1.29 is 9.59 Å². The Morgan fingerprint density at radius 2 is 1.85 bits per heavy atom. The average molecular weight is 571 g/mol. The molecule has 33 heavy (non-hydrogen) atoms. The molecule has 0 fully saturated rings. The lowest BCUT2D eigenvalue weighted by atomic mass is 10.0. The van der Waals surface area contributed by atoms with Crippen LogP contribution in [0.25, 0.3) is 0 Å². The maximum Gasteiger partial charge on any atom is 0.253 e. The molecule has 0 aliphatic heterocycles. The van der Waals surface area contributed by atoms with Gasteiger partial charge in [-0.2, -0.15) is 0 Å². The smallest absolute Gasteiger partial charge is 0.253 e. The summed E-state index contributed by atoms with van der Waals surface area (Å²) in [7, 11) is 1.81. The number of carbonyl (C=O) groups excluding carboxylic acids is 2. The van der Waals surface area contributed by atoms with Gasteiger partial charge in [-0.05, 0) is 52.2 Å². The van der Waals surface area contributed by atoms with Gasteiger partial charge in [-0.1, -0.05) is 60.9 Å². The molecule has 0 bridgehead atoms. The van der Waals surface area contributed by atoms with Crippen LogP contribution in [0.4, 0.5) is 5.69 Å². The van der Waals surface area contributed by atoms with Crippen molar-refractivity contribution in [2.45, 2.75) is 25.0 Å². The first-order valence-electron chi connectivity index (χ1n) is 9.99. The third-order valence-corrected chi connectivity index (χ3v) is 7.34. The first-order chi connectivity index (χ1) is 15.7. The Balaban J connectivity index is 1.67. The van der Waals surface area contributed by atoms with Gasteiger partial charge in [-0.15, -0.1) is 10.2 Å². The number of halogens is 3. The number of benzene rings is 2. The molecule has 0 saturated carbocycles. The summed E-state index contributed by atoms with van der Waals surface area (Å²) in [6.45, 7) is 3.96. The summed E-state index contributed by atoms with van der Waals surface area (Å²) in [5.74, 6) is 0.285. The molecule has 3 aromatic rings. The van der Waals surface area contributed by atoms with Crippen molar-refractivity contribution in [3.05, 3.63) is 68.4 Å². The molecule has 1 aromatic heterocycles. The molecule has 11 heteroatoms. The van der Waals surface area contributed by atoms with Crippen molar-refractivity contribution >= 4 is 68.4 Å². The predicted molar refractivity (Wildman–Crippen MR) is 136 cm³/mol. The number of nitrogens with zero attached hydrogens (tertiary/aromatic N) is 3. The number of carbonyl (C=O) groups is 2. The molecule has 0 aliphatic carbocycles. The normalized spacial score (nSPS) is 12.0. The van der Waals surface area contributed by atoms with Gasteiger partial charge in [0.15, 0.2) is 11.0 Å². The summed E-state index contributed by atoms with van der Waals surface area (Å²) in [6.07, 6.45) is 0. The molecule has 0 aliphatic rings. The number of rotatable bonds is 8. The lowest BCUT2D eigenvalue weighted by Crippen LogP contribution is -2.33. The third kappa shape index (κ3) is 6.50. The van der Waals surface area contributed by atoms with Crippen LogP contribution in [0.1, 0.15) is 36.1 Å². The molecule has 2 N–H and O–H groups in total. The van der Waals surface area contributed by atoms with Crippen LogP contribution >= 0.6 is 50.9 Å². The molecular weight excluding hydrogens is 549 g/mol. The van der Waals surface area contributed by atoms with E-state index in [0.717, 1.165) is 4.47 Å². The highest BCUT2D eigenvalue weighted by Gasteiger charge is 2.26. The Morgan fingerprint density at radius 3 is 2.52 bits per heavy atom. The van der Waals surface area contributed by atoms with Crippen LogP contribution in [-0.2, 0) is 11.8 Å². The van der Waals surface area contributed by atoms with Crippen molar-refractivity contribution in [1.82, 2.24) is 20.1 Å². The van der Waals surface area contributed by atoms with E-state index < -0.39 is 0 Å². The van der Waals surface area contributed by atoms with E-state index in [9.17, 15) is 9.59 Å². The molecule has 1 heterocycles. The van der Waals surface area contributed by atoms with Gasteiger partial charge in [0, 0.05) is 17.2 Å². The molecule has 0 spiro atoms. The van der Waals surface area contributed by atoms with Crippen molar-refractivity contribution in [2.24, 2.45) is 13.0 Å². The van der Waals surface area contributed by atoms with E-state index in [0.29, 0.717) is 32.3 Å². The van der Waals surface area contributed by atoms with Gasteiger partial charge in [0.1, 0.15) is 0 Å². The molecule has 1 atom stereocenters. The van der Waals surface area contributed by atoms with Crippen molar-refractivity contribution in [3.8, 4) is 0 Å². The first-order valence-corrected chi connectivity index (χ1v) is 12.5. The van der Waals surface area contributed by atoms with E-state index >= 15 is 0 Å². The summed E-state index contributed by atoms with van der Waals surface area (Å²) in [6, 6.07) is 11.7. The Labute approximate surface area is 214 Å². The second-order valence-electron chi connectivity index (χ2n) is 7.54. The molecule has 174 valence electrons. The van der Waals surface area contributed by atoms with E-state index in [1.165, 1.54) is 11.8 Å². The Hall–Kier alpha value is -2.07. The van der Waals surface area contributed by atoms with Crippen molar-refractivity contribution in [1.29, 1.82) is 0 Å². The Kier molecular flexibility index (Phi) is 8.81. The number of aromatic nitrogens is 3. The second kappa shape index (κ2) is 11.4. The summed E-state index contributed by atoms with van der Waals surface area (Å²) in [5.41, 5.74) is 1.00. The highest BCUT2D eigenvalue weighted by atomic mass is 79.9. The molecular formula is C22H22BrCl2N5O2S. The van der Waals surface area contributed by atoms with Crippen molar-refractivity contribution in [2.75, 3.05) is 11.1 Å². The van der Waals surface area contributed by atoms with Crippen LogP contribution in [0.3, 0.4) is 0 Å². The zero-order valence-corrected chi connectivity index (χ0v) is 22.0. The molecule has 0 unspecified atom stereocenters. The van der Waals surface area contributed by atoms with E-state index in [4.69, 9.17) is 23.2 Å². The van der Waals surface area contributed by atoms with Gasteiger partial charge >= 0.3 is 0 Å². The topological polar surface area (TPSA) is 88.9 Å². The lowest BCUT2D eigenvalue weighted by Gasteiger charge is -2.22. The minimum Gasteiger partial charge on any atom is -0.342 e. The summed E-state index contributed by atoms with van der Waals surface area (Å²) >= 11 is 16.8. The van der Waals surface area contributed by atoms with Crippen LogP contribution in [0, 0.1) is 5.92 Å². The fourth-order valence-corrected chi connectivity index (χ4v) is 4.38. The van der Waals surface area contributed by atoms with E-state index in [-0.39, 0.29) is 29.5 Å². The van der Waals surface area contributed by atoms with E-state index in [2.05, 4.69) is 36.8 Å². The monoisotopic (exact) mass is 569 g/mol. The predicted octanol–water partition coefficient (Wildman–Crippen LogP) is 5.74. The molecule has 0 saturated heterocycles. The molecule has 2 amide bonds. The third-order valence-electron chi connectivity index (χ3n) is 4.75. The summed E-state index contributed by atoms with van der Waals surface area (Å²) in [4.78, 5) is 25.1. The van der Waals surface area contributed by atoms with E-state index in [1.807, 2.05) is 13.8 Å². The maximum atomic E-state index is 12.8. The number of thioether (sulfide) groups is 1. The van der Waals surface area contributed by atoms with Gasteiger partial charge in [-0.25, -0.2) is 0 Å². The zero-order valence-electron chi connectivity index (χ0n) is 18.1. The summed E-state index contributed by atoms with van der Waals surface area (Å²) in [5, 5.41) is 15.7. The van der Waals surface area contributed by atoms with Crippen LogP contribution in [0.15, 0.2) is 52.1 Å². The number of anilines is 1. The fourth-order valence-electron chi connectivity index (χ4n) is 3.02. The second-order valence-corrected chi connectivity index (χ2v) is 10.2. The average Bonchev–Trinajstić information content (AvgIpc) is 3.13. The SMILES string of the molecule is CC(C)[C@H](NC(=O)c1ccccc1Cl)c1nnc(SCC(=O)Nc2ccc(Br)c(Cl)c2)n1C. The Bertz CT molecular complexity index is 1170. The number of amides is 2. The van der Waals surface area contributed by atoms with Crippen LogP contribution < -0.4 is 10.6 Å². The highest BCUT2D eigenvalue weighted by Crippen LogP contribution is 2.27. The van der Waals surface area contributed by atoms with Crippen LogP contribution in [0.2, 0.25) is 10.0 Å². The zero-order chi connectivity index (χ0) is 24.1. The van der Waals surface area contributed by atoms with Gasteiger partial charge in [-0.3, -0.25) is 9.59 Å². The number of nitrogens with one attached hydrogen (secondary N) is 2. The molecule has 3 rings (SSSR count). The highest BCUT2D eigenvalue weighted by molar-refractivity contribution is 9.10. The largest absolute Gasteiger partial charge is 0.342 e. The van der Waals surface area contributed by atoms with E-state index in [1.54, 1.807) is 54.1 Å². The minimum absolute atomic E-state index is 0.0441. The van der Waals surface area contributed by atoms with Gasteiger partial charge in [0.2, 0.25) is 5.91 Å². The fraction of sp³-hybridized carbons (Fsp3) is 0.273. The first kappa shape index (κ1) is 25.6. The van der Waals surface area contributed by atoms with Gasteiger partial charge in [0.25, 0.3) is 5.91 Å². The lowest BCUT2D eigenvalue weighted by molar-refractivity contribution is -0.113. The van der Waals surface area contributed by atoms with Crippen molar-refractivity contribution in [3.63, 3.8) is 0 Å².